The zero-order chi connectivity index (χ0) is 17.6. The Bertz CT molecular complexity index is 715. The molecule has 0 saturated carbocycles. The number of aromatic nitrogens is 2. The van der Waals surface area contributed by atoms with E-state index in [-0.39, 0.29) is 10.3 Å². The Labute approximate surface area is 142 Å². The van der Waals surface area contributed by atoms with Gasteiger partial charge in [0.15, 0.2) is 7.49 Å². The number of para-hydroxylation sites is 2. The molecule has 0 radical (unpaired) electrons. The second kappa shape index (κ2) is 6.03. The fraction of sp³-hybridized carbons (Fsp3) is 0.556. The van der Waals surface area contributed by atoms with E-state index in [4.69, 9.17) is 9.97 Å². The van der Waals surface area contributed by atoms with Crippen LogP contribution in [0.5, 0.6) is 0 Å². The van der Waals surface area contributed by atoms with E-state index in [1.54, 1.807) is 0 Å². The molecule has 0 saturated heterocycles. The quantitative estimate of drug-likeness (QED) is 0.827. The monoisotopic (exact) mass is 351 g/mol. The molecule has 126 valence electrons. The van der Waals surface area contributed by atoms with E-state index in [9.17, 15) is 4.89 Å². The van der Waals surface area contributed by atoms with Gasteiger partial charge in [-0.25, -0.2) is 14.9 Å². The molecule has 2 aromatic rings. The fourth-order valence-electron chi connectivity index (χ4n) is 2.13. The van der Waals surface area contributed by atoms with Gasteiger partial charge in [0.05, 0.1) is 17.7 Å². The molecule has 2 unspecified atom stereocenters. The lowest BCUT2D eigenvalue weighted by molar-refractivity contribution is 0.568. The normalized spacial score (nSPS) is 17.1. The average Bonchev–Trinajstić information content (AvgIpc) is 2.42. The molecule has 2 rings (SSSR count). The lowest BCUT2D eigenvalue weighted by Crippen LogP contribution is -2.40. The predicted octanol–water partition coefficient (Wildman–Crippen LogP) is 4.14. The maximum Gasteiger partial charge on any atom is 0.238 e. The van der Waals surface area contributed by atoms with Crippen molar-refractivity contribution in [1.82, 2.24) is 9.97 Å². The summed E-state index contributed by atoms with van der Waals surface area (Å²) < 4.78 is 0. The summed E-state index contributed by atoms with van der Waals surface area (Å²) in [7, 11) is -2.93. The van der Waals surface area contributed by atoms with Gasteiger partial charge in [-0.2, -0.15) is 0 Å². The van der Waals surface area contributed by atoms with Crippen LogP contribution >= 0.6 is 15.4 Å². The molecule has 23 heavy (non-hydrogen) atoms. The molecule has 1 aromatic heterocycles. The summed E-state index contributed by atoms with van der Waals surface area (Å²) in [6.45, 7) is 17.2. The minimum absolute atomic E-state index is 0.124. The van der Waals surface area contributed by atoms with Crippen LogP contribution in [0.1, 0.15) is 41.5 Å². The van der Waals surface area contributed by atoms with Gasteiger partial charge in [-0.05, 0) is 52.6 Å². The number of hydrogen-bond donors (Lipinski definition) is 1. The van der Waals surface area contributed by atoms with Crippen molar-refractivity contribution < 1.29 is 4.89 Å². The minimum Gasteiger partial charge on any atom is -0.244 e. The van der Waals surface area contributed by atoms with Crippen LogP contribution in [0.25, 0.3) is 11.0 Å². The predicted molar refractivity (Wildman–Crippen MR) is 106 cm³/mol. The lowest BCUT2D eigenvalue weighted by atomic mass is 10.3. The van der Waals surface area contributed by atoms with Gasteiger partial charge < -0.3 is 0 Å². The average molecular weight is 351 g/mol. The highest BCUT2D eigenvalue weighted by Crippen LogP contribution is 2.61. The zero-order valence-corrected chi connectivity index (χ0v) is 17.3. The van der Waals surface area contributed by atoms with Crippen molar-refractivity contribution in [1.29, 1.82) is 0 Å². The van der Waals surface area contributed by atoms with E-state index in [2.05, 4.69) is 48.2 Å². The van der Waals surface area contributed by atoms with Gasteiger partial charge in [0, 0.05) is 0 Å². The number of benzene rings is 1. The molecular formula is C18H29N2OP2+. The van der Waals surface area contributed by atoms with Crippen LogP contribution in [0, 0.1) is 0 Å². The van der Waals surface area contributed by atoms with Gasteiger partial charge in [0.2, 0.25) is 5.44 Å². The topological polar surface area (TPSA) is 46.0 Å². The molecule has 0 amide bonds. The highest BCUT2D eigenvalue weighted by molar-refractivity contribution is 7.80. The van der Waals surface area contributed by atoms with Crippen LogP contribution < -0.4 is 10.9 Å². The molecule has 5 heteroatoms. The zero-order valence-electron chi connectivity index (χ0n) is 15.5. The summed E-state index contributed by atoms with van der Waals surface area (Å²) >= 11 is 0. The Morgan fingerprint density at radius 2 is 1.43 bits per heavy atom. The highest BCUT2D eigenvalue weighted by atomic mass is 31.2. The first-order valence-corrected chi connectivity index (χ1v) is 11.9. The Kier molecular flexibility index (Phi) is 4.91. The number of fused-ring (bicyclic) bond motifs is 1. The van der Waals surface area contributed by atoms with Gasteiger partial charge >= 0.3 is 0 Å². The van der Waals surface area contributed by atoms with Crippen molar-refractivity contribution in [2.45, 2.75) is 51.9 Å². The Morgan fingerprint density at radius 3 is 1.87 bits per heavy atom. The van der Waals surface area contributed by atoms with Gasteiger partial charge in [-0.3, -0.25) is 0 Å². The van der Waals surface area contributed by atoms with Crippen molar-refractivity contribution in [3.05, 3.63) is 24.3 Å². The van der Waals surface area contributed by atoms with E-state index < -0.39 is 15.4 Å². The number of hydrogen-bond acceptors (Lipinski definition) is 3. The molecule has 0 fully saturated rings. The van der Waals surface area contributed by atoms with Crippen LogP contribution in [0.4, 0.5) is 0 Å². The van der Waals surface area contributed by atoms with Crippen LogP contribution in [-0.2, 0) is 0 Å². The maximum atomic E-state index is 11.4. The first kappa shape index (κ1) is 18.7. The van der Waals surface area contributed by atoms with Crippen molar-refractivity contribution in [2.24, 2.45) is 0 Å². The smallest absolute Gasteiger partial charge is 0.238 e. The summed E-state index contributed by atoms with van der Waals surface area (Å²) in [6.07, 6.45) is 0. The second-order valence-corrected chi connectivity index (χ2v) is 14.8. The summed E-state index contributed by atoms with van der Waals surface area (Å²) in [4.78, 5) is 21.3. The lowest BCUT2D eigenvalue weighted by Gasteiger charge is -2.33. The van der Waals surface area contributed by atoms with Crippen LogP contribution in [-0.4, -0.2) is 38.5 Å². The van der Waals surface area contributed by atoms with E-state index in [1.807, 2.05) is 30.9 Å². The minimum atomic E-state index is -2.40. The van der Waals surface area contributed by atoms with Gasteiger partial charge in [-0.15, -0.1) is 0 Å². The van der Waals surface area contributed by atoms with E-state index in [0.29, 0.717) is 0 Å². The Balaban J connectivity index is 2.80. The number of nitrogens with zero attached hydrogens (tertiary/aromatic N) is 2. The number of rotatable bonds is 2. The largest absolute Gasteiger partial charge is 0.244 e. The van der Waals surface area contributed by atoms with Crippen molar-refractivity contribution >= 4 is 37.3 Å². The summed E-state index contributed by atoms with van der Waals surface area (Å²) in [5.74, 6) is 0. The molecule has 0 spiro atoms. The first-order chi connectivity index (χ1) is 10.4. The Hall–Kier alpha value is -0.620. The van der Waals surface area contributed by atoms with Crippen molar-refractivity contribution in [3.63, 3.8) is 0 Å². The summed E-state index contributed by atoms with van der Waals surface area (Å²) in [6, 6.07) is 7.95. The van der Waals surface area contributed by atoms with E-state index in [0.717, 1.165) is 21.9 Å². The third-order valence-corrected chi connectivity index (χ3v) is 11.5. The van der Waals surface area contributed by atoms with Gasteiger partial charge in [0.25, 0.3) is 0 Å². The molecule has 0 aliphatic heterocycles. The second-order valence-electron chi connectivity index (χ2n) is 8.22. The molecule has 0 aliphatic carbocycles. The van der Waals surface area contributed by atoms with E-state index in [1.165, 1.54) is 0 Å². The van der Waals surface area contributed by atoms with Crippen molar-refractivity contribution in [2.75, 3.05) is 13.3 Å². The summed E-state index contributed by atoms with van der Waals surface area (Å²) in [5.41, 5.74) is 3.64. The maximum absolute atomic E-state index is 11.4. The molecule has 1 N–H and O–H groups in total. The molecular weight excluding hydrogens is 322 g/mol. The molecule has 1 heterocycles. The van der Waals surface area contributed by atoms with Crippen LogP contribution in [0.2, 0.25) is 0 Å². The molecule has 0 aliphatic rings. The molecule has 0 bridgehead atoms. The molecule has 1 aromatic carbocycles. The molecule has 3 nitrogen and oxygen atoms in total. The molecule has 2 atom stereocenters. The van der Waals surface area contributed by atoms with Gasteiger partial charge in [0.1, 0.15) is 10.6 Å². The SMILES string of the molecule is CP(c1nc2ccccc2nc1[P+](C)(O)C(C)(C)C)C(C)(C)C. The Morgan fingerprint density at radius 1 is 0.957 bits per heavy atom. The highest BCUT2D eigenvalue weighted by Gasteiger charge is 2.50. The fourth-order valence-corrected chi connectivity index (χ4v) is 5.79. The van der Waals surface area contributed by atoms with E-state index >= 15 is 0 Å². The third-order valence-electron chi connectivity index (χ3n) is 4.58. The van der Waals surface area contributed by atoms with Crippen LogP contribution in [0.3, 0.4) is 0 Å². The first-order valence-electron chi connectivity index (χ1n) is 7.96. The third kappa shape index (κ3) is 3.58. The van der Waals surface area contributed by atoms with Crippen molar-refractivity contribution in [3.8, 4) is 0 Å². The summed E-state index contributed by atoms with van der Waals surface area (Å²) in [5, 5.41) is -0.0912. The van der Waals surface area contributed by atoms with Crippen LogP contribution in [0.15, 0.2) is 24.3 Å². The van der Waals surface area contributed by atoms with Gasteiger partial charge in [-0.1, -0.05) is 32.9 Å². The standard InChI is InChI=1S/C18H29N2OP2/c1-17(2,3)22(7)15-16(23(8,21)18(4,5)6)20-14-12-10-9-11-13(14)19-15/h9-12,21H,1-8H3/q+1.